The van der Waals surface area contributed by atoms with Gasteiger partial charge in [0.2, 0.25) is 0 Å². The molecule has 1 aromatic rings. The van der Waals surface area contributed by atoms with Crippen molar-refractivity contribution in [2.45, 2.75) is 33.3 Å². The van der Waals surface area contributed by atoms with Crippen LogP contribution in [-0.2, 0) is 14.3 Å². The SMILES string of the molecule is CC(=O)C[C@@H](OC(C)=O)c1ccc(C)cc1. The highest BCUT2D eigenvalue weighted by atomic mass is 16.5. The molecule has 0 aliphatic heterocycles. The van der Waals surface area contributed by atoms with Gasteiger partial charge in [0.05, 0.1) is 0 Å². The summed E-state index contributed by atoms with van der Waals surface area (Å²) in [7, 11) is 0. The van der Waals surface area contributed by atoms with Gasteiger partial charge in [-0.2, -0.15) is 0 Å². The highest BCUT2D eigenvalue weighted by molar-refractivity contribution is 5.77. The second kappa shape index (κ2) is 5.45. The molecule has 0 unspecified atom stereocenters. The van der Waals surface area contributed by atoms with Gasteiger partial charge >= 0.3 is 5.97 Å². The Morgan fingerprint density at radius 3 is 2.19 bits per heavy atom. The number of ketones is 1. The van der Waals surface area contributed by atoms with E-state index in [-0.39, 0.29) is 18.2 Å². The molecule has 0 spiro atoms. The Morgan fingerprint density at radius 1 is 1.19 bits per heavy atom. The molecule has 0 bridgehead atoms. The van der Waals surface area contributed by atoms with E-state index in [0.29, 0.717) is 0 Å². The second-order valence-electron chi connectivity index (χ2n) is 3.91. The van der Waals surface area contributed by atoms with E-state index in [1.807, 2.05) is 31.2 Å². The van der Waals surface area contributed by atoms with Gasteiger partial charge in [-0.15, -0.1) is 0 Å². The normalized spacial score (nSPS) is 11.9. The van der Waals surface area contributed by atoms with Crippen LogP contribution in [0, 0.1) is 6.92 Å². The van der Waals surface area contributed by atoms with E-state index >= 15 is 0 Å². The monoisotopic (exact) mass is 220 g/mol. The summed E-state index contributed by atoms with van der Waals surface area (Å²) >= 11 is 0. The molecule has 86 valence electrons. The molecule has 0 fully saturated rings. The molecule has 0 saturated carbocycles. The lowest BCUT2D eigenvalue weighted by Gasteiger charge is -2.16. The van der Waals surface area contributed by atoms with Gasteiger partial charge in [0.15, 0.2) is 0 Å². The summed E-state index contributed by atoms with van der Waals surface area (Å²) < 4.78 is 5.13. The van der Waals surface area contributed by atoms with E-state index in [1.165, 1.54) is 13.8 Å². The van der Waals surface area contributed by atoms with Crippen molar-refractivity contribution >= 4 is 11.8 Å². The predicted octanol–water partition coefficient (Wildman–Crippen LogP) is 2.58. The van der Waals surface area contributed by atoms with Gasteiger partial charge in [-0.05, 0) is 19.4 Å². The van der Waals surface area contributed by atoms with E-state index in [9.17, 15) is 9.59 Å². The standard InChI is InChI=1S/C13H16O3/c1-9-4-6-12(7-5-9)13(8-10(2)14)16-11(3)15/h4-7,13H,8H2,1-3H3/t13-/m1/s1. The lowest BCUT2D eigenvalue weighted by molar-refractivity contribution is -0.147. The van der Waals surface area contributed by atoms with Crippen molar-refractivity contribution in [3.05, 3.63) is 35.4 Å². The van der Waals surface area contributed by atoms with E-state index in [1.54, 1.807) is 0 Å². The first-order valence-electron chi connectivity index (χ1n) is 5.22. The quantitative estimate of drug-likeness (QED) is 0.732. The molecular weight excluding hydrogens is 204 g/mol. The lowest BCUT2D eigenvalue weighted by atomic mass is 10.0. The minimum Gasteiger partial charge on any atom is -0.457 e. The van der Waals surface area contributed by atoms with Gasteiger partial charge in [-0.25, -0.2) is 0 Å². The number of carbonyl (C=O) groups excluding carboxylic acids is 2. The number of carbonyl (C=O) groups is 2. The third kappa shape index (κ3) is 3.85. The highest BCUT2D eigenvalue weighted by Gasteiger charge is 2.16. The van der Waals surface area contributed by atoms with E-state index in [0.717, 1.165) is 11.1 Å². The highest BCUT2D eigenvalue weighted by Crippen LogP contribution is 2.22. The molecule has 0 radical (unpaired) electrons. The number of hydrogen-bond donors (Lipinski definition) is 0. The fraction of sp³-hybridized carbons (Fsp3) is 0.385. The summed E-state index contributed by atoms with van der Waals surface area (Å²) in [5.74, 6) is -0.362. The van der Waals surface area contributed by atoms with Gasteiger partial charge in [0, 0.05) is 13.3 Å². The first-order valence-corrected chi connectivity index (χ1v) is 5.22. The summed E-state index contributed by atoms with van der Waals surface area (Å²) in [6.07, 6.45) is -0.238. The fourth-order valence-electron chi connectivity index (χ4n) is 1.47. The number of ether oxygens (including phenoxy) is 1. The molecular formula is C13H16O3. The van der Waals surface area contributed by atoms with Gasteiger partial charge < -0.3 is 4.74 Å². The average Bonchev–Trinajstić information content (AvgIpc) is 2.16. The largest absolute Gasteiger partial charge is 0.457 e. The van der Waals surface area contributed by atoms with Crippen molar-refractivity contribution in [3.8, 4) is 0 Å². The molecule has 0 aliphatic rings. The zero-order valence-electron chi connectivity index (χ0n) is 9.82. The number of aryl methyl sites for hydroxylation is 1. The Hall–Kier alpha value is -1.64. The molecule has 16 heavy (non-hydrogen) atoms. The minimum absolute atomic E-state index is 0.00632. The van der Waals surface area contributed by atoms with Crippen LogP contribution in [0.3, 0.4) is 0 Å². The summed E-state index contributed by atoms with van der Waals surface area (Å²) in [6.45, 7) is 4.82. The summed E-state index contributed by atoms with van der Waals surface area (Å²) in [6, 6.07) is 7.63. The average molecular weight is 220 g/mol. The number of hydrogen-bond acceptors (Lipinski definition) is 3. The molecule has 3 heteroatoms. The Morgan fingerprint density at radius 2 is 1.75 bits per heavy atom. The fourth-order valence-corrected chi connectivity index (χ4v) is 1.47. The predicted molar refractivity (Wildman–Crippen MR) is 61.0 cm³/mol. The van der Waals surface area contributed by atoms with Crippen molar-refractivity contribution in [1.82, 2.24) is 0 Å². The summed E-state index contributed by atoms with van der Waals surface area (Å²) in [5, 5.41) is 0. The van der Waals surface area contributed by atoms with Crippen molar-refractivity contribution in [2.24, 2.45) is 0 Å². The zero-order valence-corrected chi connectivity index (χ0v) is 9.82. The maximum Gasteiger partial charge on any atom is 0.303 e. The van der Waals surface area contributed by atoms with Crippen LogP contribution < -0.4 is 0 Å². The summed E-state index contributed by atoms with van der Waals surface area (Å²) in [4.78, 5) is 22.0. The molecule has 1 atom stereocenters. The lowest BCUT2D eigenvalue weighted by Crippen LogP contribution is -2.11. The Balaban J connectivity index is 2.86. The smallest absolute Gasteiger partial charge is 0.303 e. The Bertz CT molecular complexity index is 363. The van der Waals surface area contributed by atoms with Crippen LogP contribution in [0.25, 0.3) is 0 Å². The van der Waals surface area contributed by atoms with Crippen LogP contribution in [0.5, 0.6) is 0 Å². The number of rotatable bonds is 4. The molecule has 0 amide bonds. The van der Waals surface area contributed by atoms with E-state index < -0.39 is 6.10 Å². The molecule has 0 aliphatic carbocycles. The molecule has 0 aromatic heterocycles. The van der Waals surface area contributed by atoms with Gasteiger partial charge in [0.25, 0.3) is 0 Å². The Kier molecular flexibility index (Phi) is 4.23. The first kappa shape index (κ1) is 12.4. The molecule has 0 N–H and O–H groups in total. The van der Waals surface area contributed by atoms with Crippen LogP contribution in [0.15, 0.2) is 24.3 Å². The van der Waals surface area contributed by atoms with E-state index in [4.69, 9.17) is 4.74 Å². The van der Waals surface area contributed by atoms with Gasteiger partial charge in [-0.1, -0.05) is 29.8 Å². The maximum absolute atomic E-state index is 11.1. The third-order valence-corrected chi connectivity index (χ3v) is 2.23. The van der Waals surface area contributed by atoms with Crippen molar-refractivity contribution in [3.63, 3.8) is 0 Å². The minimum atomic E-state index is -0.462. The van der Waals surface area contributed by atoms with Crippen LogP contribution in [0.4, 0.5) is 0 Å². The van der Waals surface area contributed by atoms with Gasteiger partial charge in [-0.3, -0.25) is 9.59 Å². The molecule has 1 aromatic carbocycles. The van der Waals surface area contributed by atoms with Crippen LogP contribution >= 0.6 is 0 Å². The second-order valence-corrected chi connectivity index (χ2v) is 3.91. The van der Waals surface area contributed by atoms with Crippen LogP contribution in [0.1, 0.15) is 37.5 Å². The maximum atomic E-state index is 11.1. The van der Waals surface area contributed by atoms with Crippen molar-refractivity contribution < 1.29 is 14.3 Å². The molecule has 0 heterocycles. The van der Waals surface area contributed by atoms with Gasteiger partial charge in [0.1, 0.15) is 11.9 Å². The molecule has 1 rings (SSSR count). The third-order valence-electron chi connectivity index (χ3n) is 2.23. The van der Waals surface area contributed by atoms with E-state index in [2.05, 4.69) is 0 Å². The molecule has 3 nitrogen and oxygen atoms in total. The number of Topliss-reactive ketones (excluding diaryl/α,β-unsaturated/α-hetero) is 1. The Labute approximate surface area is 95.4 Å². The summed E-state index contributed by atoms with van der Waals surface area (Å²) in [5.41, 5.74) is 1.99. The topological polar surface area (TPSA) is 43.4 Å². The van der Waals surface area contributed by atoms with Crippen molar-refractivity contribution in [1.29, 1.82) is 0 Å². The van der Waals surface area contributed by atoms with Crippen molar-refractivity contribution in [2.75, 3.05) is 0 Å². The first-order chi connectivity index (χ1) is 7.49. The number of esters is 1. The number of benzene rings is 1. The zero-order chi connectivity index (χ0) is 12.1. The van der Waals surface area contributed by atoms with Crippen LogP contribution in [0.2, 0.25) is 0 Å². The molecule has 0 saturated heterocycles. The van der Waals surface area contributed by atoms with Crippen LogP contribution in [-0.4, -0.2) is 11.8 Å².